The number of rotatable bonds is 4. The number of hydrogen-bond donors (Lipinski definition) is 2. The summed E-state index contributed by atoms with van der Waals surface area (Å²) < 4.78 is 28.6. The van der Waals surface area contributed by atoms with Crippen molar-refractivity contribution in [3.05, 3.63) is 0 Å². The van der Waals surface area contributed by atoms with Gasteiger partial charge in [-0.15, -0.1) is 0 Å². The highest BCUT2D eigenvalue weighted by Gasteiger charge is 2.07. The van der Waals surface area contributed by atoms with E-state index in [2.05, 4.69) is 12.6 Å². The fraction of sp³-hybridized carbons (Fsp3) is 1.00. The summed E-state index contributed by atoms with van der Waals surface area (Å²) in [6.07, 6.45) is 1.23. The van der Waals surface area contributed by atoms with Crippen LogP contribution in [0, 0.1) is 0 Å². The normalized spacial score (nSPS) is 15.1. The topological polar surface area (TPSA) is 54.4 Å². The Kier molecular flexibility index (Phi) is 4.31. The molecule has 0 fully saturated rings. The molecule has 10 heavy (non-hydrogen) atoms. The zero-order valence-electron chi connectivity index (χ0n) is 5.82. The van der Waals surface area contributed by atoms with Crippen LogP contribution in [0.5, 0.6) is 0 Å². The lowest BCUT2D eigenvalue weighted by Gasteiger charge is -2.03. The lowest BCUT2D eigenvalue weighted by atomic mass is 10.3. The quantitative estimate of drug-likeness (QED) is 0.505. The van der Waals surface area contributed by atoms with Crippen molar-refractivity contribution < 1.29 is 13.0 Å². The minimum Gasteiger partial charge on any atom is -0.286 e. The van der Waals surface area contributed by atoms with Gasteiger partial charge in [0.25, 0.3) is 10.1 Å². The van der Waals surface area contributed by atoms with E-state index in [1.54, 1.807) is 0 Å². The fourth-order valence-corrected chi connectivity index (χ4v) is 1.38. The second-order valence-corrected chi connectivity index (χ2v) is 4.44. The largest absolute Gasteiger partial charge is 0.286 e. The minimum absolute atomic E-state index is 0.0712. The summed E-state index contributed by atoms with van der Waals surface area (Å²) in [4.78, 5) is 0. The Morgan fingerprint density at radius 1 is 1.60 bits per heavy atom. The van der Waals surface area contributed by atoms with E-state index in [4.69, 9.17) is 4.55 Å². The van der Waals surface area contributed by atoms with Crippen molar-refractivity contribution in [1.82, 2.24) is 0 Å². The Labute approximate surface area is 67.0 Å². The third-order valence-electron chi connectivity index (χ3n) is 1.18. The standard InChI is InChI=1S/C5H12O3S2/c1-2-5(9)3-4-10(6,7)8/h5,9H,2-4H2,1H3,(H,6,7,8). The Morgan fingerprint density at radius 2 is 2.10 bits per heavy atom. The molecule has 0 aromatic heterocycles. The minimum atomic E-state index is -3.78. The van der Waals surface area contributed by atoms with Gasteiger partial charge in [-0.05, 0) is 12.8 Å². The van der Waals surface area contributed by atoms with Gasteiger partial charge in [0, 0.05) is 5.25 Å². The third kappa shape index (κ3) is 6.38. The van der Waals surface area contributed by atoms with Crippen LogP contribution in [-0.2, 0) is 10.1 Å². The molecule has 0 amide bonds. The van der Waals surface area contributed by atoms with E-state index in [0.717, 1.165) is 6.42 Å². The maximum Gasteiger partial charge on any atom is 0.264 e. The summed E-state index contributed by atoms with van der Waals surface area (Å²) in [5.74, 6) is -0.186. The Morgan fingerprint density at radius 3 is 2.40 bits per heavy atom. The summed E-state index contributed by atoms with van der Waals surface area (Å²) in [5, 5.41) is 0.0712. The molecule has 0 aliphatic heterocycles. The summed E-state index contributed by atoms with van der Waals surface area (Å²) in [6.45, 7) is 1.92. The van der Waals surface area contributed by atoms with Crippen molar-refractivity contribution >= 4 is 22.7 Å². The van der Waals surface area contributed by atoms with Crippen LogP contribution in [0.15, 0.2) is 0 Å². The molecule has 1 atom stereocenters. The van der Waals surface area contributed by atoms with E-state index in [0.29, 0.717) is 6.42 Å². The Hall–Kier alpha value is 0.260. The highest BCUT2D eigenvalue weighted by Crippen LogP contribution is 2.06. The van der Waals surface area contributed by atoms with Crippen LogP contribution in [0.2, 0.25) is 0 Å². The second kappa shape index (κ2) is 4.20. The molecule has 0 spiro atoms. The molecule has 0 heterocycles. The molecule has 1 N–H and O–H groups in total. The van der Waals surface area contributed by atoms with Gasteiger partial charge >= 0.3 is 0 Å². The molecule has 0 rings (SSSR count). The maximum absolute atomic E-state index is 10.2. The van der Waals surface area contributed by atoms with E-state index in [1.807, 2.05) is 6.92 Å². The molecule has 3 nitrogen and oxygen atoms in total. The second-order valence-electron chi connectivity index (χ2n) is 2.14. The summed E-state index contributed by atoms with van der Waals surface area (Å²) in [7, 11) is -3.78. The van der Waals surface area contributed by atoms with Gasteiger partial charge in [-0.1, -0.05) is 6.92 Å². The van der Waals surface area contributed by atoms with Gasteiger partial charge in [-0.25, -0.2) is 0 Å². The number of thiol groups is 1. The molecule has 0 aromatic rings. The zero-order chi connectivity index (χ0) is 8.20. The van der Waals surface area contributed by atoms with E-state index in [-0.39, 0.29) is 11.0 Å². The first-order chi connectivity index (χ1) is 4.45. The molecular formula is C5H12O3S2. The van der Waals surface area contributed by atoms with Crippen LogP contribution in [0.25, 0.3) is 0 Å². The average molecular weight is 184 g/mol. The first kappa shape index (κ1) is 10.3. The lowest BCUT2D eigenvalue weighted by molar-refractivity contribution is 0.480. The molecule has 0 aliphatic carbocycles. The van der Waals surface area contributed by atoms with Gasteiger partial charge < -0.3 is 0 Å². The van der Waals surface area contributed by atoms with Crippen LogP contribution >= 0.6 is 12.6 Å². The molecular weight excluding hydrogens is 172 g/mol. The van der Waals surface area contributed by atoms with Crippen LogP contribution < -0.4 is 0 Å². The molecule has 0 radical (unpaired) electrons. The Balaban J connectivity index is 3.56. The van der Waals surface area contributed by atoms with Crippen molar-refractivity contribution in [2.75, 3.05) is 5.75 Å². The SMILES string of the molecule is CCC(S)CCS(=O)(=O)O. The molecule has 1 unspecified atom stereocenters. The molecule has 0 saturated heterocycles. The molecule has 62 valence electrons. The van der Waals surface area contributed by atoms with Crippen molar-refractivity contribution in [3.63, 3.8) is 0 Å². The monoisotopic (exact) mass is 184 g/mol. The average Bonchev–Trinajstić information content (AvgIpc) is 1.81. The van der Waals surface area contributed by atoms with Crippen molar-refractivity contribution in [2.24, 2.45) is 0 Å². The van der Waals surface area contributed by atoms with Crippen LogP contribution in [0.3, 0.4) is 0 Å². The molecule has 5 heteroatoms. The van der Waals surface area contributed by atoms with Gasteiger partial charge in [0.15, 0.2) is 0 Å². The molecule has 0 aliphatic rings. The van der Waals surface area contributed by atoms with E-state index >= 15 is 0 Å². The highest BCUT2D eigenvalue weighted by atomic mass is 32.2. The maximum atomic E-state index is 10.2. The highest BCUT2D eigenvalue weighted by molar-refractivity contribution is 7.85. The van der Waals surface area contributed by atoms with Crippen LogP contribution in [0.4, 0.5) is 0 Å². The van der Waals surface area contributed by atoms with Crippen molar-refractivity contribution in [3.8, 4) is 0 Å². The van der Waals surface area contributed by atoms with Crippen molar-refractivity contribution in [1.29, 1.82) is 0 Å². The van der Waals surface area contributed by atoms with Crippen LogP contribution in [-0.4, -0.2) is 24.0 Å². The van der Waals surface area contributed by atoms with E-state index in [1.165, 1.54) is 0 Å². The van der Waals surface area contributed by atoms with E-state index < -0.39 is 10.1 Å². The fourth-order valence-electron chi connectivity index (χ4n) is 0.489. The van der Waals surface area contributed by atoms with E-state index in [9.17, 15) is 8.42 Å². The third-order valence-corrected chi connectivity index (χ3v) is 2.56. The predicted molar refractivity (Wildman–Crippen MR) is 44.1 cm³/mol. The van der Waals surface area contributed by atoms with Gasteiger partial charge in [0.05, 0.1) is 5.75 Å². The molecule has 0 saturated carbocycles. The van der Waals surface area contributed by atoms with Gasteiger partial charge in [-0.2, -0.15) is 21.0 Å². The zero-order valence-corrected chi connectivity index (χ0v) is 7.53. The smallest absolute Gasteiger partial charge is 0.264 e. The first-order valence-electron chi connectivity index (χ1n) is 3.09. The summed E-state index contributed by atoms with van der Waals surface area (Å²) in [6, 6.07) is 0. The summed E-state index contributed by atoms with van der Waals surface area (Å²) in [5.41, 5.74) is 0. The molecule has 0 aromatic carbocycles. The summed E-state index contributed by atoms with van der Waals surface area (Å²) >= 11 is 4.07. The Bertz CT molecular complexity index is 173. The lowest BCUT2D eigenvalue weighted by Crippen LogP contribution is -2.09. The van der Waals surface area contributed by atoms with Gasteiger partial charge in [0.2, 0.25) is 0 Å². The number of hydrogen-bond acceptors (Lipinski definition) is 3. The first-order valence-corrected chi connectivity index (χ1v) is 5.21. The van der Waals surface area contributed by atoms with Crippen LogP contribution in [0.1, 0.15) is 19.8 Å². The molecule has 0 bridgehead atoms. The van der Waals surface area contributed by atoms with Gasteiger partial charge in [-0.3, -0.25) is 4.55 Å². The van der Waals surface area contributed by atoms with Crippen molar-refractivity contribution in [2.45, 2.75) is 25.0 Å². The van der Waals surface area contributed by atoms with Gasteiger partial charge in [0.1, 0.15) is 0 Å². The predicted octanol–water partition coefficient (Wildman–Crippen LogP) is 0.973.